The predicted octanol–water partition coefficient (Wildman–Crippen LogP) is 6.63. The lowest BCUT2D eigenvalue weighted by Crippen LogP contribution is -2.31. The van der Waals surface area contributed by atoms with E-state index in [4.69, 9.17) is 4.74 Å². The van der Waals surface area contributed by atoms with Gasteiger partial charge >= 0.3 is 6.36 Å². The van der Waals surface area contributed by atoms with Crippen LogP contribution < -0.4 is 4.74 Å². The normalized spacial score (nSPS) is 16.1. The van der Waals surface area contributed by atoms with Gasteiger partial charge in [0, 0.05) is 6.42 Å². The van der Waals surface area contributed by atoms with Crippen molar-refractivity contribution in [3.8, 4) is 16.9 Å². The third-order valence-electron chi connectivity index (χ3n) is 5.34. The molecule has 0 aliphatic carbocycles. The van der Waals surface area contributed by atoms with Crippen LogP contribution in [0.15, 0.2) is 66.7 Å². The van der Waals surface area contributed by atoms with Crippen LogP contribution in [0.3, 0.4) is 0 Å². The van der Waals surface area contributed by atoms with Crippen molar-refractivity contribution in [3.05, 3.63) is 89.0 Å². The first-order valence-corrected chi connectivity index (χ1v) is 10.0. The minimum atomic E-state index is -4.68. The summed E-state index contributed by atoms with van der Waals surface area (Å²) in [7, 11) is 0. The highest BCUT2D eigenvalue weighted by Crippen LogP contribution is 2.32. The van der Waals surface area contributed by atoms with Crippen LogP contribution in [0.1, 0.15) is 28.7 Å². The quantitative estimate of drug-likeness (QED) is 0.468. The van der Waals surface area contributed by atoms with Gasteiger partial charge in [-0.2, -0.15) is 0 Å². The van der Waals surface area contributed by atoms with E-state index in [1.165, 1.54) is 22.3 Å². The van der Waals surface area contributed by atoms with Gasteiger partial charge in [-0.15, -0.1) is 13.2 Å². The van der Waals surface area contributed by atoms with Crippen molar-refractivity contribution in [2.45, 2.75) is 45.3 Å². The molecule has 30 heavy (non-hydrogen) atoms. The molecule has 0 saturated carbocycles. The lowest BCUT2D eigenvalue weighted by Gasteiger charge is -2.26. The van der Waals surface area contributed by atoms with Gasteiger partial charge in [0.2, 0.25) is 6.29 Å². The van der Waals surface area contributed by atoms with Crippen molar-refractivity contribution in [1.29, 1.82) is 0 Å². The molecule has 1 heterocycles. The van der Waals surface area contributed by atoms with E-state index in [2.05, 4.69) is 60.2 Å². The average Bonchev–Trinajstić information content (AvgIpc) is 2.72. The van der Waals surface area contributed by atoms with E-state index in [0.717, 1.165) is 24.0 Å². The van der Waals surface area contributed by atoms with Crippen LogP contribution in [0, 0.1) is 6.92 Å². The highest BCUT2D eigenvalue weighted by molar-refractivity contribution is 5.63. The number of hydrogen-bond donors (Lipinski definition) is 0. The molecule has 0 amide bonds. The molecule has 156 valence electrons. The van der Waals surface area contributed by atoms with E-state index in [1.54, 1.807) is 6.07 Å². The number of fused-ring (bicyclic) bond motifs is 1. The van der Waals surface area contributed by atoms with Gasteiger partial charge < -0.3 is 4.74 Å². The molecular weight excluding hydrogens is 389 g/mol. The van der Waals surface area contributed by atoms with Gasteiger partial charge in [0.25, 0.3) is 0 Å². The Kier molecular flexibility index (Phi) is 5.82. The summed E-state index contributed by atoms with van der Waals surface area (Å²) in [5.41, 5.74) is 6.97. The third kappa shape index (κ3) is 5.22. The van der Waals surface area contributed by atoms with E-state index >= 15 is 0 Å². The highest BCUT2D eigenvalue weighted by Gasteiger charge is 2.36. The van der Waals surface area contributed by atoms with Crippen molar-refractivity contribution >= 4 is 0 Å². The molecule has 0 bridgehead atoms. The summed E-state index contributed by atoms with van der Waals surface area (Å²) in [4.78, 5) is 0. The van der Waals surface area contributed by atoms with Crippen LogP contribution in [-0.4, -0.2) is 12.7 Å². The van der Waals surface area contributed by atoms with E-state index < -0.39 is 12.7 Å². The lowest BCUT2D eigenvalue weighted by molar-refractivity contribution is -0.369. The summed E-state index contributed by atoms with van der Waals surface area (Å²) in [6, 6.07) is 22.7. The summed E-state index contributed by atoms with van der Waals surface area (Å²) in [6.07, 6.45) is -3.49. The maximum Gasteiger partial charge on any atom is 0.525 e. The second-order valence-corrected chi connectivity index (χ2v) is 7.65. The zero-order valence-electron chi connectivity index (χ0n) is 16.7. The maximum atomic E-state index is 12.4. The van der Waals surface area contributed by atoms with Crippen LogP contribution in [0.25, 0.3) is 11.1 Å². The maximum absolute atomic E-state index is 12.4. The Morgan fingerprint density at radius 2 is 1.47 bits per heavy atom. The first-order chi connectivity index (χ1) is 14.4. The number of aryl methyl sites for hydroxylation is 4. The molecule has 3 aromatic carbocycles. The Hall–Kier alpha value is -2.79. The first kappa shape index (κ1) is 20.5. The summed E-state index contributed by atoms with van der Waals surface area (Å²) in [6.45, 7) is 2.08. The minimum absolute atomic E-state index is 0.191. The average molecular weight is 412 g/mol. The second kappa shape index (κ2) is 8.52. The molecule has 5 heteroatoms. The molecular formula is C25H23F3O2. The number of alkyl halides is 3. The standard InChI is InChI=1S/C25H23F3O2/c1-17-2-9-20(10-3-17)21-11-6-18(7-12-21)4-5-19-8-14-23-22(16-19)13-15-24(29-23)30-25(26,27)28/h2-3,6-12,14,16,24H,4-5,13,15H2,1H3. The number of rotatable bonds is 5. The summed E-state index contributed by atoms with van der Waals surface area (Å²) < 4.78 is 46.5. The van der Waals surface area contributed by atoms with E-state index in [9.17, 15) is 13.2 Å². The molecule has 0 saturated heterocycles. The van der Waals surface area contributed by atoms with Gasteiger partial charge in [-0.05, 0) is 60.1 Å². The molecule has 0 fully saturated rings. The van der Waals surface area contributed by atoms with E-state index in [1.807, 2.05) is 12.1 Å². The monoisotopic (exact) mass is 412 g/mol. The van der Waals surface area contributed by atoms with Crippen molar-refractivity contribution in [2.75, 3.05) is 0 Å². The fourth-order valence-corrected chi connectivity index (χ4v) is 3.70. The third-order valence-corrected chi connectivity index (χ3v) is 5.34. The van der Waals surface area contributed by atoms with Gasteiger partial charge in [-0.1, -0.05) is 66.2 Å². The summed E-state index contributed by atoms with van der Waals surface area (Å²) in [5, 5.41) is 0. The largest absolute Gasteiger partial charge is 0.525 e. The van der Waals surface area contributed by atoms with Crippen molar-refractivity contribution in [1.82, 2.24) is 0 Å². The minimum Gasteiger partial charge on any atom is -0.464 e. The molecule has 1 aliphatic heterocycles. The Bertz CT molecular complexity index is 992. The van der Waals surface area contributed by atoms with Gasteiger partial charge in [0.15, 0.2) is 0 Å². The molecule has 1 atom stereocenters. The van der Waals surface area contributed by atoms with Crippen LogP contribution in [0.5, 0.6) is 5.75 Å². The van der Waals surface area contributed by atoms with Gasteiger partial charge in [-0.3, -0.25) is 4.74 Å². The van der Waals surface area contributed by atoms with E-state index in [-0.39, 0.29) is 6.42 Å². The van der Waals surface area contributed by atoms with Crippen LogP contribution in [0.4, 0.5) is 13.2 Å². The van der Waals surface area contributed by atoms with Gasteiger partial charge in [-0.25, -0.2) is 0 Å². The van der Waals surface area contributed by atoms with Crippen LogP contribution in [0.2, 0.25) is 0 Å². The molecule has 0 N–H and O–H groups in total. The Morgan fingerprint density at radius 1 is 0.867 bits per heavy atom. The first-order valence-electron chi connectivity index (χ1n) is 10.0. The molecule has 0 radical (unpaired) electrons. The number of hydrogen-bond acceptors (Lipinski definition) is 2. The zero-order chi connectivity index (χ0) is 21.1. The fraction of sp³-hybridized carbons (Fsp3) is 0.280. The van der Waals surface area contributed by atoms with Crippen molar-refractivity contribution in [2.24, 2.45) is 0 Å². The topological polar surface area (TPSA) is 18.5 Å². The Balaban J connectivity index is 1.36. The summed E-state index contributed by atoms with van der Waals surface area (Å²) >= 11 is 0. The Labute approximate surface area is 174 Å². The molecule has 0 aromatic heterocycles. The second-order valence-electron chi connectivity index (χ2n) is 7.65. The Morgan fingerprint density at radius 3 is 2.13 bits per heavy atom. The smallest absolute Gasteiger partial charge is 0.464 e. The zero-order valence-corrected chi connectivity index (χ0v) is 16.7. The molecule has 4 rings (SSSR count). The number of halogens is 3. The van der Waals surface area contributed by atoms with Crippen LogP contribution >= 0.6 is 0 Å². The molecule has 3 aromatic rings. The molecule has 0 spiro atoms. The fourth-order valence-electron chi connectivity index (χ4n) is 3.70. The van der Waals surface area contributed by atoms with Gasteiger partial charge in [0.05, 0.1) is 0 Å². The number of ether oxygens (including phenoxy) is 2. The highest BCUT2D eigenvalue weighted by atomic mass is 19.4. The molecule has 1 unspecified atom stereocenters. The predicted molar refractivity (Wildman–Crippen MR) is 110 cm³/mol. The van der Waals surface area contributed by atoms with Crippen molar-refractivity contribution < 1.29 is 22.6 Å². The van der Waals surface area contributed by atoms with Crippen LogP contribution in [-0.2, 0) is 24.0 Å². The molecule has 1 aliphatic rings. The lowest BCUT2D eigenvalue weighted by atomic mass is 9.97. The van der Waals surface area contributed by atoms with Gasteiger partial charge in [0.1, 0.15) is 5.75 Å². The van der Waals surface area contributed by atoms with E-state index in [0.29, 0.717) is 12.2 Å². The SMILES string of the molecule is Cc1ccc(-c2ccc(CCc3ccc4c(c3)CCC(OC(F)(F)F)O4)cc2)cc1. The van der Waals surface area contributed by atoms with Crippen molar-refractivity contribution in [3.63, 3.8) is 0 Å². The summed E-state index contributed by atoms with van der Waals surface area (Å²) in [5.74, 6) is 0.474. The number of benzene rings is 3. The molecule has 2 nitrogen and oxygen atoms in total.